The summed E-state index contributed by atoms with van der Waals surface area (Å²) in [7, 11) is 0. The molecule has 0 saturated carbocycles. The first-order valence-electron chi connectivity index (χ1n) is 17.9. The molecular formula is C50H35NO. The Hall–Kier alpha value is -6.64. The van der Waals surface area contributed by atoms with E-state index in [1.165, 1.54) is 55.5 Å². The highest BCUT2D eigenvalue weighted by Gasteiger charge is 2.41. The van der Waals surface area contributed by atoms with Crippen molar-refractivity contribution in [1.82, 2.24) is 0 Å². The monoisotopic (exact) mass is 665 g/mol. The van der Waals surface area contributed by atoms with Crippen LogP contribution in [-0.4, -0.2) is 0 Å². The van der Waals surface area contributed by atoms with E-state index in [1.54, 1.807) is 0 Å². The van der Waals surface area contributed by atoms with E-state index in [-0.39, 0.29) is 5.41 Å². The van der Waals surface area contributed by atoms with Gasteiger partial charge in [-0.05, 0) is 99.5 Å². The van der Waals surface area contributed by atoms with Crippen molar-refractivity contribution >= 4 is 39.0 Å². The van der Waals surface area contributed by atoms with Crippen molar-refractivity contribution in [1.29, 1.82) is 0 Å². The largest absolute Gasteiger partial charge is 0.456 e. The summed E-state index contributed by atoms with van der Waals surface area (Å²) in [4.78, 5) is 2.32. The van der Waals surface area contributed by atoms with Crippen molar-refractivity contribution in [2.45, 2.75) is 12.3 Å². The van der Waals surface area contributed by atoms with E-state index in [0.29, 0.717) is 0 Å². The van der Waals surface area contributed by atoms with E-state index in [4.69, 9.17) is 4.42 Å². The lowest BCUT2D eigenvalue weighted by Gasteiger charge is -2.29. The van der Waals surface area contributed by atoms with Crippen molar-refractivity contribution in [3.63, 3.8) is 0 Å². The van der Waals surface area contributed by atoms with Crippen molar-refractivity contribution < 1.29 is 4.42 Å². The van der Waals surface area contributed by atoms with E-state index >= 15 is 0 Å². The SMILES string of the molecule is CC1(c2cccc3oc4cc(N(c5ccc(-c6ccccc6)cc5)c5ccc(-c6ccccc6)cc5)ccc4c23)c2ccccc2-c2ccccc21. The van der Waals surface area contributed by atoms with Crippen LogP contribution in [0.2, 0.25) is 0 Å². The zero-order chi connectivity index (χ0) is 34.6. The van der Waals surface area contributed by atoms with Gasteiger partial charge in [0.25, 0.3) is 0 Å². The summed E-state index contributed by atoms with van der Waals surface area (Å²) in [6.07, 6.45) is 0. The molecule has 0 fully saturated rings. The second kappa shape index (κ2) is 12.0. The average molecular weight is 666 g/mol. The molecule has 2 nitrogen and oxygen atoms in total. The molecule has 9 aromatic rings. The lowest BCUT2D eigenvalue weighted by Crippen LogP contribution is -2.22. The summed E-state index contributed by atoms with van der Waals surface area (Å²) < 4.78 is 6.76. The molecule has 1 aliphatic carbocycles. The van der Waals surface area contributed by atoms with Crippen molar-refractivity contribution in [3.05, 3.63) is 211 Å². The Morgan fingerprint density at radius 1 is 0.385 bits per heavy atom. The second-order valence-corrected chi connectivity index (χ2v) is 13.8. The standard InChI is InChI=1S/C50H35NO/c1-50(44-19-10-8-17-41(44)42-18-9-11-20-45(42)50)46-21-12-22-47-49(46)43-32-31-40(33-48(43)52-47)51(38-27-23-36(24-28-38)34-13-4-2-5-14-34)39-29-25-37(26-30-39)35-15-6-3-7-16-35/h2-33H,1H3. The van der Waals surface area contributed by atoms with Crippen LogP contribution in [0.3, 0.4) is 0 Å². The van der Waals surface area contributed by atoms with Crippen molar-refractivity contribution in [2.75, 3.05) is 4.90 Å². The maximum absolute atomic E-state index is 6.76. The minimum Gasteiger partial charge on any atom is -0.456 e. The molecule has 0 spiro atoms. The van der Waals surface area contributed by atoms with Crippen molar-refractivity contribution in [3.8, 4) is 33.4 Å². The molecule has 0 unspecified atom stereocenters. The fraction of sp³-hybridized carbons (Fsp3) is 0.0400. The van der Waals surface area contributed by atoms with Crippen LogP contribution in [0.1, 0.15) is 23.6 Å². The van der Waals surface area contributed by atoms with Crippen LogP contribution >= 0.6 is 0 Å². The van der Waals surface area contributed by atoms with Gasteiger partial charge in [0.05, 0.1) is 0 Å². The predicted molar refractivity (Wildman–Crippen MR) is 217 cm³/mol. The zero-order valence-corrected chi connectivity index (χ0v) is 28.8. The molecule has 0 aliphatic heterocycles. The Balaban J connectivity index is 1.12. The summed E-state index contributed by atoms with van der Waals surface area (Å²) in [5.41, 5.74) is 16.0. The van der Waals surface area contributed by atoms with E-state index in [2.05, 4.69) is 206 Å². The van der Waals surface area contributed by atoms with Gasteiger partial charge >= 0.3 is 0 Å². The molecule has 0 N–H and O–H groups in total. The van der Waals surface area contributed by atoms with Gasteiger partial charge in [0, 0.05) is 39.3 Å². The molecule has 10 rings (SSSR count). The molecular weight excluding hydrogens is 631 g/mol. The van der Waals surface area contributed by atoms with E-state index in [9.17, 15) is 0 Å². The van der Waals surface area contributed by atoms with Crippen molar-refractivity contribution in [2.24, 2.45) is 0 Å². The van der Waals surface area contributed by atoms with E-state index in [1.807, 2.05) is 0 Å². The van der Waals surface area contributed by atoms with Gasteiger partial charge in [-0.25, -0.2) is 0 Å². The Labute approximate surface area is 303 Å². The van der Waals surface area contributed by atoms with Gasteiger partial charge in [-0.15, -0.1) is 0 Å². The first-order chi connectivity index (χ1) is 25.7. The number of anilines is 3. The molecule has 246 valence electrons. The maximum Gasteiger partial charge on any atom is 0.137 e. The third-order valence-electron chi connectivity index (χ3n) is 11.0. The Morgan fingerprint density at radius 2 is 0.846 bits per heavy atom. The highest BCUT2D eigenvalue weighted by atomic mass is 16.3. The van der Waals surface area contributed by atoms with Gasteiger partial charge in [0.1, 0.15) is 11.2 Å². The molecule has 52 heavy (non-hydrogen) atoms. The van der Waals surface area contributed by atoms with Crippen LogP contribution in [0.15, 0.2) is 199 Å². The lowest BCUT2D eigenvalue weighted by atomic mass is 9.73. The number of furan rings is 1. The second-order valence-electron chi connectivity index (χ2n) is 13.8. The summed E-state index contributed by atoms with van der Waals surface area (Å²) in [5, 5.41) is 2.29. The normalized spacial score (nSPS) is 12.9. The maximum atomic E-state index is 6.76. The smallest absolute Gasteiger partial charge is 0.137 e. The van der Waals surface area contributed by atoms with Crippen LogP contribution in [-0.2, 0) is 5.41 Å². The molecule has 1 aromatic heterocycles. The summed E-state index contributed by atoms with van der Waals surface area (Å²) >= 11 is 0. The molecule has 2 heteroatoms. The summed E-state index contributed by atoms with van der Waals surface area (Å²) in [6.45, 7) is 2.37. The third-order valence-corrected chi connectivity index (χ3v) is 11.0. The molecule has 8 aromatic carbocycles. The number of benzene rings is 8. The zero-order valence-electron chi connectivity index (χ0n) is 28.8. The number of rotatable bonds is 6. The minimum absolute atomic E-state index is 0.324. The van der Waals surface area contributed by atoms with Gasteiger partial charge in [-0.3, -0.25) is 0 Å². The summed E-state index contributed by atoms with van der Waals surface area (Å²) in [5.74, 6) is 0. The minimum atomic E-state index is -0.324. The highest BCUT2D eigenvalue weighted by Crippen LogP contribution is 2.54. The number of fused-ring (bicyclic) bond motifs is 6. The molecule has 0 atom stereocenters. The number of hydrogen-bond donors (Lipinski definition) is 0. The molecule has 0 bridgehead atoms. The Bertz CT molecular complexity index is 2600. The van der Waals surface area contributed by atoms with Gasteiger partial charge < -0.3 is 9.32 Å². The first kappa shape index (κ1) is 30.2. The molecule has 0 radical (unpaired) electrons. The molecule has 1 aliphatic rings. The van der Waals surface area contributed by atoms with E-state index < -0.39 is 0 Å². The van der Waals surface area contributed by atoms with Gasteiger partial charge in [0.15, 0.2) is 0 Å². The van der Waals surface area contributed by atoms with Crippen LogP contribution in [0.25, 0.3) is 55.3 Å². The summed E-state index contributed by atoms with van der Waals surface area (Å²) in [6, 6.07) is 69.7. The van der Waals surface area contributed by atoms with Crippen LogP contribution < -0.4 is 4.90 Å². The van der Waals surface area contributed by atoms with Gasteiger partial charge in [-0.1, -0.05) is 146 Å². The Morgan fingerprint density at radius 3 is 1.40 bits per heavy atom. The highest BCUT2D eigenvalue weighted by molar-refractivity contribution is 6.09. The molecule has 1 heterocycles. The predicted octanol–water partition coefficient (Wildman–Crippen LogP) is 13.7. The van der Waals surface area contributed by atoms with Crippen LogP contribution in [0, 0.1) is 0 Å². The molecule has 0 amide bonds. The van der Waals surface area contributed by atoms with E-state index in [0.717, 1.165) is 33.6 Å². The average Bonchev–Trinajstić information content (AvgIpc) is 3.72. The van der Waals surface area contributed by atoms with Crippen LogP contribution in [0.4, 0.5) is 17.1 Å². The number of nitrogens with zero attached hydrogens (tertiary/aromatic N) is 1. The molecule has 0 saturated heterocycles. The quantitative estimate of drug-likeness (QED) is 0.176. The van der Waals surface area contributed by atoms with Gasteiger partial charge in [0.2, 0.25) is 0 Å². The lowest BCUT2D eigenvalue weighted by molar-refractivity contribution is 0.666. The third kappa shape index (κ3) is 4.72. The van der Waals surface area contributed by atoms with Gasteiger partial charge in [-0.2, -0.15) is 0 Å². The fourth-order valence-electron chi connectivity index (χ4n) is 8.43. The van der Waals surface area contributed by atoms with Crippen LogP contribution in [0.5, 0.6) is 0 Å². The Kier molecular flexibility index (Phi) is 6.97. The topological polar surface area (TPSA) is 16.4 Å². The number of hydrogen-bond acceptors (Lipinski definition) is 2. The fourth-order valence-corrected chi connectivity index (χ4v) is 8.43. The first-order valence-corrected chi connectivity index (χ1v) is 17.9.